The summed E-state index contributed by atoms with van der Waals surface area (Å²) in [7, 11) is 1.33. The quantitative estimate of drug-likeness (QED) is 0.561. The van der Waals surface area contributed by atoms with Crippen LogP contribution in [0, 0.1) is 0 Å². The Hall–Kier alpha value is -0.683. The van der Waals surface area contributed by atoms with E-state index in [-0.39, 0.29) is 17.4 Å². The molecule has 0 saturated carbocycles. The lowest BCUT2D eigenvalue weighted by molar-refractivity contribution is -0.138. The minimum absolute atomic E-state index is 0.0285. The molecule has 0 heterocycles. The molecule has 1 amide bonds. The minimum atomic E-state index is -2.02. The standard InChI is InChI=1S/C12H25NO3Si/c1-12(2,3)17(6,7)16-10(8-9-14)11(15)13(4)5/h9-10H,8H2,1-7H3/t10-/m0/s1. The van der Waals surface area contributed by atoms with Gasteiger partial charge < -0.3 is 14.1 Å². The van der Waals surface area contributed by atoms with Crippen molar-refractivity contribution in [2.45, 2.75) is 51.4 Å². The summed E-state index contributed by atoms with van der Waals surface area (Å²) in [6, 6.07) is 0. The summed E-state index contributed by atoms with van der Waals surface area (Å²) in [5.74, 6) is -0.137. The largest absolute Gasteiger partial charge is 0.404 e. The van der Waals surface area contributed by atoms with Gasteiger partial charge in [-0.1, -0.05) is 20.8 Å². The van der Waals surface area contributed by atoms with E-state index in [0.29, 0.717) is 0 Å². The van der Waals surface area contributed by atoms with Gasteiger partial charge in [0, 0.05) is 20.5 Å². The lowest BCUT2D eigenvalue weighted by atomic mass is 10.2. The molecule has 0 rings (SSSR count). The zero-order valence-corrected chi connectivity index (χ0v) is 13.0. The molecular weight excluding hydrogens is 234 g/mol. The molecular formula is C12H25NO3Si. The van der Waals surface area contributed by atoms with Gasteiger partial charge >= 0.3 is 0 Å². The Balaban J connectivity index is 4.88. The Labute approximate surface area is 105 Å². The predicted molar refractivity (Wildman–Crippen MR) is 71.4 cm³/mol. The maximum atomic E-state index is 11.9. The molecule has 0 aromatic heterocycles. The van der Waals surface area contributed by atoms with E-state index in [1.54, 1.807) is 14.1 Å². The summed E-state index contributed by atoms with van der Waals surface area (Å²) in [6.07, 6.45) is 0.242. The molecule has 0 aromatic carbocycles. The van der Waals surface area contributed by atoms with Crippen LogP contribution in [-0.4, -0.2) is 45.6 Å². The maximum absolute atomic E-state index is 11.9. The summed E-state index contributed by atoms with van der Waals surface area (Å²) in [6.45, 7) is 10.5. The summed E-state index contributed by atoms with van der Waals surface area (Å²) in [4.78, 5) is 24.0. The van der Waals surface area contributed by atoms with Gasteiger partial charge in [0.25, 0.3) is 0 Å². The Morgan fingerprint density at radius 3 is 2.12 bits per heavy atom. The van der Waals surface area contributed by atoms with E-state index in [1.165, 1.54) is 4.90 Å². The van der Waals surface area contributed by atoms with Crippen molar-refractivity contribution >= 4 is 20.5 Å². The van der Waals surface area contributed by atoms with Gasteiger partial charge in [0.2, 0.25) is 5.91 Å². The van der Waals surface area contributed by atoms with Crippen LogP contribution in [0.3, 0.4) is 0 Å². The number of carbonyl (C=O) groups excluding carboxylic acids is 2. The number of likely N-dealkylation sites (N-methyl/N-ethyl adjacent to an activating group) is 1. The van der Waals surface area contributed by atoms with Crippen LogP contribution in [0.2, 0.25) is 18.1 Å². The molecule has 100 valence electrons. The zero-order chi connectivity index (χ0) is 13.9. The third-order valence-corrected chi connectivity index (χ3v) is 7.76. The molecule has 0 fully saturated rings. The predicted octanol–water partition coefficient (Wildman–Crippen LogP) is 2.05. The van der Waals surface area contributed by atoms with Gasteiger partial charge in [0.1, 0.15) is 12.4 Å². The van der Waals surface area contributed by atoms with E-state index in [2.05, 4.69) is 33.9 Å². The first kappa shape index (κ1) is 16.3. The van der Waals surface area contributed by atoms with Crippen molar-refractivity contribution in [1.82, 2.24) is 4.90 Å². The van der Waals surface area contributed by atoms with Crippen molar-refractivity contribution in [3.63, 3.8) is 0 Å². The van der Waals surface area contributed by atoms with Crippen LogP contribution in [0.4, 0.5) is 0 Å². The number of amides is 1. The van der Waals surface area contributed by atoms with Crippen molar-refractivity contribution in [2.75, 3.05) is 14.1 Å². The average molecular weight is 259 g/mol. The molecule has 0 spiro atoms. The number of nitrogens with zero attached hydrogens (tertiary/aromatic N) is 1. The van der Waals surface area contributed by atoms with E-state index in [1.807, 2.05) is 0 Å². The van der Waals surface area contributed by atoms with Crippen LogP contribution < -0.4 is 0 Å². The number of aldehydes is 1. The summed E-state index contributed by atoms with van der Waals surface area (Å²) < 4.78 is 5.98. The highest BCUT2D eigenvalue weighted by Gasteiger charge is 2.40. The van der Waals surface area contributed by atoms with Crippen LogP contribution in [0.1, 0.15) is 27.2 Å². The third-order valence-electron chi connectivity index (χ3n) is 3.27. The van der Waals surface area contributed by atoms with Gasteiger partial charge in [-0.25, -0.2) is 0 Å². The SMILES string of the molecule is CN(C)C(=O)[C@H](CC=O)O[Si](C)(C)C(C)(C)C. The first-order valence-corrected chi connectivity index (χ1v) is 8.76. The Morgan fingerprint density at radius 1 is 1.35 bits per heavy atom. The second kappa shape index (κ2) is 5.77. The van der Waals surface area contributed by atoms with E-state index in [9.17, 15) is 9.59 Å². The van der Waals surface area contributed by atoms with Gasteiger partial charge in [-0.15, -0.1) is 0 Å². The van der Waals surface area contributed by atoms with Crippen molar-refractivity contribution in [3.05, 3.63) is 0 Å². The van der Waals surface area contributed by atoms with Gasteiger partial charge in [0.05, 0.1) is 0 Å². The highest BCUT2D eigenvalue weighted by Crippen LogP contribution is 2.37. The Bertz CT molecular complexity index is 282. The third kappa shape index (κ3) is 4.59. The monoisotopic (exact) mass is 259 g/mol. The minimum Gasteiger partial charge on any atom is -0.404 e. The molecule has 0 bridgehead atoms. The number of hydrogen-bond donors (Lipinski definition) is 0. The zero-order valence-electron chi connectivity index (χ0n) is 12.0. The van der Waals surface area contributed by atoms with Gasteiger partial charge in [-0.2, -0.15) is 0 Å². The molecule has 0 saturated heterocycles. The second-order valence-electron chi connectivity index (χ2n) is 6.00. The van der Waals surface area contributed by atoms with Crippen molar-refractivity contribution < 1.29 is 14.0 Å². The molecule has 1 atom stereocenters. The normalized spacial score (nSPS) is 14.3. The molecule has 0 aliphatic heterocycles. The van der Waals surface area contributed by atoms with E-state index < -0.39 is 14.4 Å². The lowest BCUT2D eigenvalue weighted by Gasteiger charge is -2.39. The first-order chi connectivity index (χ1) is 7.53. The molecule has 0 unspecified atom stereocenters. The summed E-state index contributed by atoms with van der Waals surface area (Å²) in [5.41, 5.74) is 0. The maximum Gasteiger partial charge on any atom is 0.250 e. The van der Waals surface area contributed by atoms with Crippen molar-refractivity contribution in [2.24, 2.45) is 0 Å². The molecule has 4 nitrogen and oxygen atoms in total. The van der Waals surface area contributed by atoms with Gasteiger partial charge in [-0.3, -0.25) is 4.79 Å². The fourth-order valence-corrected chi connectivity index (χ4v) is 2.37. The summed E-state index contributed by atoms with van der Waals surface area (Å²) in [5, 5.41) is 0.0285. The molecule has 17 heavy (non-hydrogen) atoms. The lowest BCUT2D eigenvalue weighted by Crippen LogP contribution is -2.48. The van der Waals surface area contributed by atoms with Gasteiger partial charge in [-0.05, 0) is 18.1 Å². The van der Waals surface area contributed by atoms with Crippen LogP contribution in [0.15, 0.2) is 0 Å². The van der Waals surface area contributed by atoms with Gasteiger partial charge in [0.15, 0.2) is 8.32 Å². The van der Waals surface area contributed by atoms with E-state index >= 15 is 0 Å². The average Bonchev–Trinajstić information content (AvgIpc) is 2.13. The smallest absolute Gasteiger partial charge is 0.250 e. The molecule has 0 aliphatic carbocycles. The molecule has 0 radical (unpaired) electrons. The molecule has 5 heteroatoms. The molecule has 0 N–H and O–H groups in total. The van der Waals surface area contributed by atoms with Crippen molar-refractivity contribution in [3.8, 4) is 0 Å². The fraction of sp³-hybridized carbons (Fsp3) is 0.833. The number of rotatable bonds is 5. The van der Waals surface area contributed by atoms with Crippen LogP contribution >= 0.6 is 0 Å². The van der Waals surface area contributed by atoms with Crippen LogP contribution in [0.5, 0.6) is 0 Å². The second-order valence-corrected chi connectivity index (χ2v) is 10.8. The Kier molecular flexibility index (Phi) is 5.54. The molecule has 0 aromatic rings. The number of carbonyl (C=O) groups is 2. The van der Waals surface area contributed by atoms with E-state index in [0.717, 1.165) is 6.29 Å². The summed E-state index contributed by atoms with van der Waals surface area (Å²) >= 11 is 0. The van der Waals surface area contributed by atoms with E-state index in [4.69, 9.17) is 4.43 Å². The van der Waals surface area contributed by atoms with Crippen molar-refractivity contribution in [1.29, 1.82) is 0 Å². The number of hydrogen-bond acceptors (Lipinski definition) is 3. The fourth-order valence-electron chi connectivity index (χ4n) is 1.11. The van der Waals surface area contributed by atoms with Crippen LogP contribution in [0.25, 0.3) is 0 Å². The first-order valence-electron chi connectivity index (χ1n) is 5.85. The highest BCUT2D eigenvalue weighted by atomic mass is 28.4. The van der Waals surface area contributed by atoms with Crippen LogP contribution in [-0.2, 0) is 14.0 Å². The Morgan fingerprint density at radius 2 is 1.82 bits per heavy atom. The molecule has 0 aliphatic rings. The highest BCUT2D eigenvalue weighted by molar-refractivity contribution is 6.74. The topological polar surface area (TPSA) is 46.6 Å².